The fourth-order valence-corrected chi connectivity index (χ4v) is 3.70. The van der Waals surface area contributed by atoms with Crippen molar-refractivity contribution in [3.05, 3.63) is 35.9 Å². The lowest BCUT2D eigenvalue weighted by molar-refractivity contribution is -0.136. The third kappa shape index (κ3) is 3.78. The van der Waals surface area contributed by atoms with Crippen molar-refractivity contribution >= 4 is 18.3 Å². The second-order valence-electron chi connectivity index (χ2n) is 6.29. The number of hydrogen-bond acceptors (Lipinski definition) is 2. The number of amides is 1. The number of hydrogen-bond donors (Lipinski definition) is 1. The van der Waals surface area contributed by atoms with Crippen molar-refractivity contribution in [2.75, 3.05) is 6.54 Å². The van der Waals surface area contributed by atoms with Gasteiger partial charge in [-0.3, -0.25) is 4.79 Å². The van der Waals surface area contributed by atoms with E-state index in [1.54, 1.807) is 0 Å². The van der Waals surface area contributed by atoms with Gasteiger partial charge >= 0.3 is 0 Å². The van der Waals surface area contributed by atoms with Gasteiger partial charge in [0.1, 0.15) is 0 Å². The van der Waals surface area contributed by atoms with Crippen molar-refractivity contribution in [3.8, 4) is 0 Å². The molecule has 3 rings (SSSR count). The van der Waals surface area contributed by atoms with Crippen LogP contribution in [0, 0.1) is 5.92 Å². The van der Waals surface area contributed by atoms with E-state index in [1.165, 1.54) is 5.56 Å². The van der Waals surface area contributed by atoms with Gasteiger partial charge in [0.25, 0.3) is 0 Å². The lowest BCUT2D eigenvalue weighted by atomic mass is 10.0. The van der Waals surface area contributed by atoms with E-state index in [9.17, 15) is 4.79 Å². The first kappa shape index (κ1) is 16.3. The van der Waals surface area contributed by atoms with E-state index >= 15 is 0 Å². The summed E-state index contributed by atoms with van der Waals surface area (Å²) in [7, 11) is 0. The highest BCUT2D eigenvalue weighted by molar-refractivity contribution is 5.85. The van der Waals surface area contributed by atoms with Crippen molar-refractivity contribution in [1.82, 2.24) is 4.90 Å². The molecular weight excluding hydrogens is 284 g/mol. The zero-order valence-electron chi connectivity index (χ0n) is 12.4. The van der Waals surface area contributed by atoms with Gasteiger partial charge in [-0.15, -0.1) is 12.4 Å². The number of carbonyl (C=O) groups excluding carboxylic acids is 1. The average Bonchev–Trinajstić information content (AvgIpc) is 3.08. The van der Waals surface area contributed by atoms with Crippen molar-refractivity contribution in [2.24, 2.45) is 11.7 Å². The van der Waals surface area contributed by atoms with E-state index in [-0.39, 0.29) is 24.4 Å². The lowest BCUT2D eigenvalue weighted by Gasteiger charge is -2.27. The minimum Gasteiger partial charge on any atom is -0.339 e. The SMILES string of the molecule is Cl.NC1CCC(C(=O)N2CCCC2Cc2ccccc2)C1. The van der Waals surface area contributed by atoms with Gasteiger partial charge in [-0.25, -0.2) is 0 Å². The molecule has 116 valence electrons. The van der Waals surface area contributed by atoms with Crippen LogP contribution in [0.2, 0.25) is 0 Å². The maximum Gasteiger partial charge on any atom is 0.226 e. The maximum atomic E-state index is 12.7. The van der Waals surface area contributed by atoms with Crippen LogP contribution in [-0.4, -0.2) is 29.4 Å². The summed E-state index contributed by atoms with van der Waals surface area (Å²) in [5.74, 6) is 0.540. The Kier molecular flexibility index (Phi) is 5.65. The largest absolute Gasteiger partial charge is 0.339 e. The third-order valence-electron chi connectivity index (χ3n) is 4.80. The van der Waals surface area contributed by atoms with Crippen molar-refractivity contribution in [1.29, 1.82) is 0 Å². The Hall–Kier alpha value is -1.06. The molecule has 1 aliphatic heterocycles. The fraction of sp³-hybridized carbons (Fsp3) is 0.588. The van der Waals surface area contributed by atoms with Gasteiger partial charge in [-0.1, -0.05) is 30.3 Å². The Balaban J connectivity index is 0.00000161. The summed E-state index contributed by atoms with van der Waals surface area (Å²) in [4.78, 5) is 14.8. The molecule has 2 N–H and O–H groups in total. The highest BCUT2D eigenvalue weighted by atomic mass is 35.5. The molecule has 1 aromatic carbocycles. The quantitative estimate of drug-likeness (QED) is 0.933. The number of likely N-dealkylation sites (tertiary alicyclic amines) is 1. The fourth-order valence-electron chi connectivity index (χ4n) is 3.70. The molecule has 0 bridgehead atoms. The maximum absolute atomic E-state index is 12.7. The summed E-state index contributed by atoms with van der Waals surface area (Å²) in [6.45, 7) is 0.933. The Morgan fingerprint density at radius 2 is 1.95 bits per heavy atom. The predicted molar refractivity (Wildman–Crippen MR) is 87.4 cm³/mol. The minimum atomic E-state index is 0. The Morgan fingerprint density at radius 3 is 2.62 bits per heavy atom. The van der Waals surface area contributed by atoms with Gasteiger partial charge in [-0.05, 0) is 44.1 Å². The second kappa shape index (κ2) is 7.28. The summed E-state index contributed by atoms with van der Waals surface area (Å²) in [5, 5.41) is 0. The van der Waals surface area contributed by atoms with Crippen molar-refractivity contribution < 1.29 is 4.79 Å². The van der Waals surface area contributed by atoms with E-state index in [0.29, 0.717) is 11.9 Å². The van der Waals surface area contributed by atoms with Gasteiger partial charge in [-0.2, -0.15) is 0 Å². The highest BCUT2D eigenvalue weighted by Crippen LogP contribution is 2.30. The van der Waals surface area contributed by atoms with Gasteiger partial charge < -0.3 is 10.6 Å². The molecule has 2 aliphatic rings. The molecule has 3 atom stereocenters. The Morgan fingerprint density at radius 1 is 1.19 bits per heavy atom. The molecule has 0 radical (unpaired) electrons. The molecule has 1 aromatic rings. The smallest absolute Gasteiger partial charge is 0.226 e. The molecule has 1 aliphatic carbocycles. The van der Waals surface area contributed by atoms with Crippen LogP contribution in [0.5, 0.6) is 0 Å². The summed E-state index contributed by atoms with van der Waals surface area (Å²) < 4.78 is 0. The standard InChI is InChI=1S/C17H24N2O.ClH/c18-15-9-8-14(12-15)17(20)19-10-4-7-16(19)11-13-5-2-1-3-6-13;/h1-3,5-6,14-16H,4,7-12,18H2;1H. The summed E-state index contributed by atoms with van der Waals surface area (Å²) >= 11 is 0. The molecule has 1 amide bonds. The second-order valence-corrected chi connectivity index (χ2v) is 6.29. The highest BCUT2D eigenvalue weighted by Gasteiger charge is 2.36. The van der Waals surface area contributed by atoms with E-state index in [0.717, 1.165) is 45.1 Å². The van der Waals surface area contributed by atoms with Gasteiger partial charge in [0.15, 0.2) is 0 Å². The molecule has 0 spiro atoms. The predicted octanol–water partition coefficient (Wildman–Crippen LogP) is 2.77. The molecule has 3 nitrogen and oxygen atoms in total. The molecule has 1 heterocycles. The molecule has 1 saturated heterocycles. The van der Waals surface area contributed by atoms with Crippen LogP contribution in [0.4, 0.5) is 0 Å². The molecule has 1 saturated carbocycles. The number of carbonyl (C=O) groups is 1. The first-order chi connectivity index (χ1) is 9.74. The van der Waals surface area contributed by atoms with Crippen LogP contribution in [0.15, 0.2) is 30.3 Å². The molecular formula is C17H25ClN2O. The van der Waals surface area contributed by atoms with Gasteiger partial charge in [0.2, 0.25) is 5.91 Å². The average molecular weight is 309 g/mol. The monoisotopic (exact) mass is 308 g/mol. The number of halogens is 1. The summed E-state index contributed by atoms with van der Waals surface area (Å²) in [5.41, 5.74) is 7.28. The first-order valence-corrected chi connectivity index (χ1v) is 7.84. The van der Waals surface area contributed by atoms with Crippen LogP contribution in [0.3, 0.4) is 0 Å². The molecule has 4 heteroatoms. The van der Waals surface area contributed by atoms with E-state index in [2.05, 4.69) is 29.2 Å². The first-order valence-electron chi connectivity index (χ1n) is 7.84. The van der Waals surface area contributed by atoms with E-state index in [1.807, 2.05) is 6.07 Å². The third-order valence-corrected chi connectivity index (χ3v) is 4.80. The molecule has 0 aromatic heterocycles. The molecule has 3 unspecified atom stereocenters. The Bertz CT molecular complexity index is 465. The normalized spacial score (nSPS) is 28.4. The number of nitrogens with zero attached hydrogens (tertiary/aromatic N) is 1. The van der Waals surface area contributed by atoms with Crippen LogP contribution in [0.25, 0.3) is 0 Å². The van der Waals surface area contributed by atoms with Gasteiger partial charge in [0, 0.05) is 24.5 Å². The molecule has 2 fully saturated rings. The van der Waals surface area contributed by atoms with Gasteiger partial charge in [0.05, 0.1) is 0 Å². The van der Waals surface area contributed by atoms with Crippen LogP contribution in [0.1, 0.15) is 37.7 Å². The van der Waals surface area contributed by atoms with Crippen LogP contribution >= 0.6 is 12.4 Å². The van der Waals surface area contributed by atoms with E-state index in [4.69, 9.17) is 5.73 Å². The number of rotatable bonds is 3. The zero-order chi connectivity index (χ0) is 13.9. The summed E-state index contributed by atoms with van der Waals surface area (Å²) in [6, 6.07) is 11.1. The lowest BCUT2D eigenvalue weighted by Crippen LogP contribution is -2.40. The molecule has 21 heavy (non-hydrogen) atoms. The van der Waals surface area contributed by atoms with Crippen molar-refractivity contribution in [2.45, 2.75) is 50.6 Å². The van der Waals surface area contributed by atoms with E-state index < -0.39 is 0 Å². The zero-order valence-corrected chi connectivity index (χ0v) is 13.2. The summed E-state index contributed by atoms with van der Waals surface area (Å²) in [6.07, 6.45) is 6.14. The van der Waals surface area contributed by atoms with Crippen LogP contribution < -0.4 is 5.73 Å². The number of benzene rings is 1. The van der Waals surface area contributed by atoms with Crippen LogP contribution in [-0.2, 0) is 11.2 Å². The topological polar surface area (TPSA) is 46.3 Å². The Labute approximate surface area is 133 Å². The van der Waals surface area contributed by atoms with Crippen molar-refractivity contribution in [3.63, 3.8) is 0 Å². The number of nitrogens with two attached hydrogens (primary N) is 1. The minimum absolute atomic E-state index is 0.